The van der Waals surface area contributed by atoms with Crippen LogP contribution in [0, 0.1) is 0 Å². The molecule has 4 N–H and O–H groups in total. The quantitative estimate of drug-likeness (QED) is 0.386. The number of rotatable bonds is 8. The van der Waals surface area contributed by atoms with E-state index in [1.165, 1.54) is 14.2 Å². The van der Waals surface area contributed by atoms with Gasteiger partial charge in [-0.05, 0) is 13.3 Å². The van der Waals surface area contributed by atoms with E-state index in [2.05, 4.69) is 5.32 Å². The summed E-state index contributed by atoms with van der Waals surface area (Å²) in [6.07, 6.45) is 0.734. The summed E-state index contributed by atoms with van der Waals surface area (Å²) in [5.74, 6) is 0. The SMILES string of the molecule is CCC(CO[Si](O)(OC)OC)NC(C)N. The molecular formula is C8H22N2O4Si. The van der Waals surface area contributed by atoms with E-state index < -0.39 is 9.05 Å². The maximum atomic E-state index is 9.62. The van der Waals surface area contributed by atoms with Gasteiger partial charge in [0.1, 0.15) is 0 Å². The van der Waals surface area contributed by atoms with E-state index in [-0.39, 0.29) is 12.2 Å². The number of nitrogens with one attached hydrogen (secondary N) is 1. The maximum absolute atomic E-state index is 9.62. The van der Waals surface area contributed by atoms with E-state index in [0.717, 1.165) is 6.42 Å². The van der Waals surface area contributed by atoms with Gasteiger partial charge in [-0.2, -0.15) is 0 Å². The zero-order valence-corrected chi connectivity index (χ0v) is 10.8. The summed E-state index contributed by atoms with van der Waals surface area (Å²) < 4.78 is 14.8. The summed E-state index contributed by atoms with van der Waals surface area (Å²) in [6, 6.07) is 0.0781. The highest BCUT2D eigenvalue weighted by atomic mass is 28.4. The van der Waals surface area contributed by atoms with Crippen LogP contribution in [0.25, 0.3) is 0 Å². The lowest BCUT2D eigenvalue weighted by Crippen LogP contribution is -2.50. The zero-order valence-electron chi connectivity index (χ0n) is 9.82. The minimum absolute atomic E-state index is 0.0781. The predicted molar refractivity (Wildman–Crippen MR) is 58.8 cm³/mol. The van der Waals surface area contributed by atoms with Crippen molar-refractivity contribution in [1.29, 1.82) is 0 Å². The Morgan fingerprint density at radius 2 is 1.93 bits per heavy atom. The van der Waals surface area contributed by atoms with E-state index in [1.807, 2.05) is 13.8 Å². The lowest BCUT2D eigenvalue weighted by Gasteiger charge is -2.24. The highest BCUT2D eigenvalue weighted by molar-refractivity contribution is 6.51. The molecule has 0 aromatic heterocycles. The van der Waals surface area contributed by atoms with Crippen LogP contribution in [0.5, 0.6) is 0 Å². The summed E-state index contributed by atoms with van der Waals surface area (Å²) in [6.45, 7) is 4.16. The Labute approximate surface area is 92.2 Å². The minimum atomic E-state index is -3.41. The average Bonchev–Trinajstić information content (AvgIpc) is 2.23. The van der Waals surface area contributed by atoms with Crippen LogP contribution in [0.15, 0.2) is 0 Å². The zero-order chi connectivity index (χ0) is 11.9. The smallest absolute Gasteiger partial charge is 0.367 e. The molecule has 0 radical (unpaired) electrons. The topological polar surface area (TPSA) is 86.0 Å². The molecule has 7 heteroatoms. The van der Waals surface area contributed by atoms with Crippen LogP contribution in [-0.2, 0) is 13.3 Å². The second kappa shape index (κ2) is 7.28. The molecule has 0 aromatic rings. The fraction of sp³-hybridized carbons (Fsp3) is 1.00. The molecule has 0 aliphatic rings. The molecule has 0 heterocycles. The molecular weight excluding hydrogens is 216 g/mol. The highest BCUT2D eigenvalue weighted by Crippen LogP contribution is 2.04. The van der Waals surface area contributed by atoms with Crippen LogP contribution in [0.1, 0.15) is 20.3 Å². The third kappa shape index (κ3) is 6.20. The lowest BCUT2D eigenvalue weighted by atomic mass is 10.2. The second-order valence-electron chi connectivity index (χ2n) is 3.30. The Morgan fingerprint density at radius 3 is 2.27 bits per heavy atom. The molecule has 0 saturated heterocycles. The van der Waals surface area contributed by atoms with E-state index in [0.29, 0.717) is 6.61 Å². The van der Waals surface area contributed by atoms with E-state index in [1.54, 1.807) is 0 Å². The van der Waals surface area contributed by atoms with Gasteiger partial charge in [-0.3, -0.25) is 5.32 Å². The Balaban J connectivity index is 3.98. The van der Waals surface area contributed by atoms with E-state index in [9.17, 15) is 4.80 Å². The van der Waals surface area contributed by atoms with Gasteiger partial charge in [0.15, 0.2) is 0 Å². The minimum Gasteiger partial charge on any atom is -0.367 e. The van der Waals surface area contributed by atoms with Gasteiger partial charge in [-0.25, -0.2) is 0 Å². The molecule has 0 amide bonds. The van der Waals surface area contributed by atoms with Crippen LogP contribution in [-0.4, -0.2) is 46.9 Å². The summed E-state index contributed by atoms with van der Waals surface area (Å²) in [4.78, 5) is 9.62. The van der Waals surface area contributed by atoms with E-state index >= 15 is 0 Å². The molecule has 0 fully saturated rings. The number of nitrogens with two attached hydrogens (primary N) is 1. The standard InChI is InChI=1S/C8H22N2O4Si/c1-5-8(10-7(2)9)6-14-15(11,12-3)13-4/h7-8,10-11H,5-6,9H2,1-4H3. The van der Waals surface area contributed by atoms with Crippen molar-refractivity contribution in [3.05, 3.63) is 0 Å². The second-order valence-corrected chi connectivity index (χ2v) is 5.46. The van der Waals surface area contributed by atoms with Crippen molar-refractivity contribution in [2.75, 3.05) is 20.8 Å². The molecule has 0 bridgehead atoms. The van der Waals surface area contributed by atoms with Gasteiger partial charge in [0.25, 0.3) is 0 Å². The molecule has 0 aliphatic heterocycles. The number of hydrogen-bond donors (Lipinski definition) is 3. The first-order valence-corrected chi connectivity index (χ1v) is 6.62. The summed E-state index contributed by atoms with van der Waals surface area (Å²) in [7, 11) is -0.695. The van der Waals surface area contributed by atoms with Crippen molar-refractivity contribution < 1.29 is 18.1 Å². The van der Waals surface area contributed by atoms with Crippen molar-refractivity contribution in [1.82, 2.24) is 5.32 Å². The average molecular weight is 238 g/mol. The predicted octanol–water partition coefficient (Wildman–Crippen LogP) is -0.603. The van der Waals surface area contributed by atoms with Gasteiger partial charge in [0.05, 0.1) is 12.8 Å². The van der Waals surface area contributed by atoms with Crippen molar-refractivity contribution in [2.45, 2.75) is 32.5 Å². The first-order chi connectivity index (χ1) is 6.97. The van der Waals surface area contributed by atoms with Gasteiger partial charge in [0.2, 0.25) is 0 Å². The van der Waals surface area contributed by atoms with Gasteiger partial charge in [-0.1, -0.05) is 6.92 Å². The third-order valence-electron chi connectivity index (χ3n) is 1.97. The van der Waals surface area contributed by atoms with Gasteiger partial charge < -0.3 is 23.8 Å². The van der Waals surface area contributed by atoms with Gasteiger partial charge >= 0.3 is 9.05 Å². The largest absolute Gasteiger partial charge is 0.676 e. The highest BCUT2D eigenvalue weighted by Gasteiger charge is 2.39. The summed E-state index contributed by atoms with van der Waals surface area (Å²) >= 11 is 0. The molecule has 0 rings (SSSR count). The molecule has 15 heavy (non-hydrogen) atoms. The van der Waals surface area contributed by atoms with Gasteiger partial charge in [-0.15, -0.1) is 0 Å². The van der Waals surface area contributed by atoms with Crippen LogP contribution in [0.2, 0.25) is 0 Å². The summed E-state index contributed by atoms with van der Waals surface area (Å²) in [5.41, 5.74) is 5.59. The molecule has 0 spiro atoms. The summed E-state index contributed by atoms with van der Waals surface area (Å²) in [5, 5.41) is 3.10. The first kappa shape index (κ1) is 15.0. The molecule has 0 aromatic carbocycles. The lowest BCUT2D eigenvalue weighted by molar-refractivity contribution is 0.0160. The molecule has 2 atom stereocenters. The van der Waals surface area contributed by atoms with Crippen molar-refractivity contribution >= 4 is 9.05 Å². The first-order valence-electron chi connectivity index (χ1n) is 4.95. The molecule has 6 nitrogen and oxygen atoms in total. The number of hydrogen-bond acceptors (Lipinski definition) is 6. The van der Waals surface area contributed by atoms with Crippen molar-refractivity contribution in [3.8, 4) is 0 Å². The third-order valence-corrected chi connectivity index (χ3v) is 3.54. The monoisotopic (exact) mass is 238 g/mol. The Morgan fingerprint density at radius 1 is 1.40 bits per heavy atom. The Hall–Kier alpha value is -0.0231. The van der Waals surface area contributed by atoms with Crippen LogP contribution < -0.4 is 11.1 Å². The Kier molecular flexibility index (Phi) is 7.27. The molecule has 0 saturated carbocycles. The molecule has 2 unspecified atom stereocenters. The van der Waals surface area contributed by atoms with E-state index in [4.69, 9.17) is 19.0 Å². The fourth-order valence-corrected chi connectivity index (χ4v) is 1.88. The maximum Gasteiger partial charge on any atom is 0.676 e. The normalized spacial score (nSPS) is 16.4. The Bertz CT molecular complexity index is 167. The molecule has 92 valence electrons. The van der Waals surface area contributed by atoms with Crippen LogP contribution in [0.4, 0.5) is 0 Å². The fourth-order valence-electron chi connectivity index (χ4n) is 1.06. The van der Waals surface area contributed by atoms with Crippen molar-refractivity contribution in [3.63, 3.8) is 0 Å². The molecule has 0 aliphatic carbocycles. The van der Waals surface area contributed by atoms with Crippen LogP contribution in [0.3, 0.4) is 0 Å². The van der Waals surface area contributed by atoms with Gasteiger partial charge in [0, 0.05) is 20.3 Å². The van der Waals surface area contributed by atoms with Crippen LogP contribution >= 0.6 is 0 Å². The van der Waals surface area contributed by atoms with Crippen molar-refractivity contribution in [2.24, 2.45) is 5.73 Å².